The zero-order valence-corrected chi connectivity index (χ0v) is 10.7. The molecule has 1 N–H and O–H groups in total. The van der Waals surface area contributed by atoms with Crippen LogP contribution in [0.5, 0.6) is 0 Å². The smallest absolute Gasteiger partial charge is 0.449 e. The van der Waals surface area contributed by atoms with Gasteiger partial charge in [-0.15, -0.1) is 0 Å². The minimum absolute atomic E-state index is 0.188. The van der Waals surface area contributed by atoms with Crippen LogP contribution in [0.15, 0.2) is 42.7 Å². The molecule has 0 saturated heterocycles. The van der Waals surface area contributed by atoms with Gasteiger partial charge in [0.05, 0.1) is 0 Å². The average molecular weight is 250 g/mol. The maximum absolute atomic E-state index is 11.0. The third-order valence-electron chi connectivity index (χ3n) is 1.90. The Kier molecular flexibility index (Phi) is 7.94. The van der Waals surface area contributed by atoms with Gasteiger partial charge in [-0.25, -0.2) is 4.79 Å². The van der Waals surface area contributed by atoms with E-state index in [2.05, 4.69) is 11.3 Å². The highest BCUT2D eigenvalue weighted by molar-refractivity contribution is 5.80. The molecule has 0 aliphatic rings. The standard InChI is InChI=1S/C10H12O.C4H6O3/c1-2-10(11)8-9-6-4-3-5-7-9;1-3(2)7-4(5)6/h3-7H,2,8H2,1H3;1H2,2H3,(H,5,6). The molecular weight excluding hydrogens is 232 g/mol. The minimum atomic E-state index is -1.31. The molecule has 0 amide bonds. The number of carboxylic acid groups (broad SMARTS) is 1. The lowest BCUT2D eigenvalue weighted by molar-refractivity contribution is -0.118. The summed E-state index contributed by atoms with van der Waals surface area (Å²) in [5.41, 5.74) is 1.11. The van der Waals surface area contributed by atoms with Gasteiger partial charge in [0.25, 0.3) is 0 Å². The number of hydrogen-bond acceptors (Lipinski definition) is 3. The Morgan fingerprint density at radius 2 is 1.83 bits per heavy atom. The molecule has 18 heavy (non-hydrogen) atoms. The molecule has 0 saturated carbocycles. The molecule has 0 unspecified atom stereocenters. The summed E-state index contributed by atoms with van der Waals surface area (Å²) in [6.45, 7) is 6.55. The van der Waals surface area contributed by atoms with Crippen LogP contribution in [0.25, 0.3) is 0 Å². The molecule has 4 heteroatoms. The highest BCUT2D eigenvalue weighted by atomic mass is 16.7. The van der Waals surface area contributed by atoms with Crippen LogP contribution in [-0.4, -0.2) is 17.0 Å². The van der Waals surface area contributed by atoms with Gasteiger partial charge in [-0.2, -0.15) is 0 Å². The Hall–Kier alpha value is -2.10. The Bertz CT molecular complexity index is 384. The van der Waals surface area contributed by atoms with Crippen LogP contribution in [-0.2, 0) is 16.0 Å². The Morgan fingerprint density at radius 3 is 2.17 bits per heavy atom. The van der Waals surface area contributed by atoms with Crippen molar-refractivity contribution in [3.63, 3.8) is 0 Å². The predicted octanol–water partition coefficient (Wildman–Crippen LogP) is 3.42. The lowest BCUT2D eigenvalue weighted by atomic mass is 10.1. The van der Waals surface area contributed by atoms with Crippen molar-refractivity contribution in [3.05, 3.63) is 48.2 Å². The molecule has 0 aliphatic carbocycles. The van der Waals surface area contributed by atoms with E-state index in [0.29, 0.717) is 18.6 Å². The van der Waals surface area contributed by atoms with Crippen molar-refractivity contribution in [2.24, 2.45) is 0 Å². The van der Waals surface area contributed by atoms with Gasteiger partial charge in [0.1, 0.15) is 11.5 Å². The first kappa shape index (κ1) is 15.9. The van der Waals surface area contributed by atoms with E-state index in [1.165, 1.54) is 6.92 Å². The largest absolute Gasteiger partial charge is 0.510 e. The summed E-state index contributed by atoms with van der Waals surface area (Å²) in [4.78, 5) is 20.5. The van der Waals surface area contributed by atoms with E-state index in [0.717, 1.165) is 5.56 Å². The Labute approximate surface area is 107 Å². The van der Waals surface area contributed by atoms with E-state index in [4.69, 9.17) is 5.11 Å². The van der Waals surface area contributed by atoms with Crippen molar-refractivity contribution in [2.45, 2.75) is 26.7 Å². The number of hydrogen-bond donors (Lipinski definition) is 1. The maximum atomic E-state index is 11.0. The first-order valence-electron chi connectivity index (χ1n) is 5.57. The molecule has 0 atom stereocenters. The van der Waals surface area contributed by atoms with Crippen LogP contribution >= 0.6 is 0 Å². The van der Waals surface area contributed by atoms with E-state index in [1.54, 1.807) is 0 Å². The molecule has 0 bridgehead atoms. The maximum Gasteiger partial charge on any atom is 0.510 e. The van der Waals surface area contributed by atoms with E-state index in [1.807, 2.05) is 37.3 Å². The Balaban J connectivity index is 0.000000360. The van der Waals surface area contributed by atoms with Crippen molar-refractivity contribution < 1.29 is 19.4 Å². The van der Waals surface area contributed by atoms with E-state index < -0.39 is 6.16 Å². The fraction of sp³-hybridized carbons (Fsp3) is 0.286. The summed E-state index contributed by atoms with van der Waals surface area (Å²) in [6, 6.07) is 9.83. The summed E-state index contributed by atoms with van der Waals surface area (Å²) < 4.78 is 3.97. The van der Waals surface area contributed by atoms with Crippen molar-refractivity contribution in [1.29, 1.82) is 0 Å². The fourth-order valence-electron chi connectivity index (χ4n) is 1.10. The van der Waals surface area contributed by atoms with Crippen molar-refractivity contribution in [3.8, 4) is 0 Å². The zero-order valence-electron chi connectivity index (χ0n) is 10.7. The topological polar surface area (TPSA) is 63.6 Å². The van der Waals surface area contributed by atoms with E-state index in [-0.39, 0.29) is 5.76 Å². The van der Waals surface area contributed by atoms with Gasteiger partial charge < -0.3 is 9.84 Å². The second kappa shape index (κ2) is 8.98. The molecule has 0 radical (unpaired) electrons. The van der Waals surface area contributed by atoms with Crippen molar-refractivity contribution >= 4 is 11.9 Å². The third-order valence-corrected chi connectivity index (χ3v) is 1.90. The number of rotatable bonds is 4. The molecule has 1 aromatic carbocycles. The number of allylic oxidation sites excluding steroid dienone is 1. The number of carbonyl (C=O) groups is 2. The number of carbonyl (C=O) groups excluding carboxylic acids is 1. The molecule has 0 heterocycles. The summed E-state index contributed by atoms with van der Waals surface area (Å²) in [5.74, 6) is 0.490. The first-order chi connectivity index (χ1) is 8.45. The summed E-state index contributed by atoms with van der Waals surface area (Å²) >= 11 is 0. The molecule has 98 valence electrons. The zero-order chi connectivity index (χ0) is 14.0. The normalized spacial score (nSPS) is 8.78. The van der Waals surface area contributed by atoms with E-state index >= 15 is 0 Å². The second-order valence-electron chi connectivity index (χ2n) is 3.62. The second-order valence-corrected chi connectivity index (χ2v) is 3.62. The molecule has 0 aromatic heterocycles. The first-order valence-corrected chi connectivity index (χ1v) is 5.57. The molecule has 1 rings (SSSR count). The van der Waals surface area contributed by atoms with Crippen LogP contribution in [0.3, 0.4) is 0 Å². The van der Waals surface area contributed by atoms with Crippen molar-refractivity contribution in [1.82, 2.24) is 0 Å². The number of ketones is 1. The SMILES string of the molecule is C=C(C)OC(=O)O.CCC(=O)Cc1ccccc1. The van der Waals surface area contributed by atoms with Crippen LogP contribution in [0.2, 0.25) is 0 Å². The average Bonchev–Trinajstić information content (AvgIpc) is 2.29. The molecular formula is C14H18O4. The minimum Gasteiger partial charge on any atom is -0.449 e. The van der Waals surface area contributed by atoms with E-state index in [9.17, 15) is 9.59 Å². The molecule has 0 fully saturated rings. The highest BCUT2D eigenvalue weighted by Gasteiger charge is 1.98. The van der Waals surface area contributed by atoms with Crippen molar-refractivity contribution in [2.75, 3.05) is 0 Å². The Morgan fingerprint density at radius 1 is 1.28 bits per heavy atom. The molecule has 0 aliphatic heterocycles. The van der Waals surface area contributed by atoms with Gasteiger partial charge in [-0.05, 0) is 12.5 Å². The van der Waals surface area contributed by atoms with Gasteiger partial charge in [-0.3, -0.25) is 4.79 Å². The number of Topliss-reactive ketones (excluding diaryl/α,β-unsaturated/α-hetero) is 1. The monoisotopic (exact) mass is 250 g/mol. The van der Waals surface area contributed by atoms with Gasteiger partial charge >= 0.3 is 6.16 Å². The quantitative estimate of drug-likeness (QED) is 0.657. The number of ether oxygens (including phenoxy) is 1. The lowest BCUT2D eigenvalue weighted by Gasteiger charge is -1.96. The highest BCUT2D eigenvalue weighted by Crippen LogP contribution is 2.00. The van der Waals surface area contributed by atoms with Crippen LogP contribution in [0.1, 0.15) is 25.8 Å². The van der Waals surface area contributed by atoms with Crippen LogP contribution in [0.4, 0.5) is 4.79 Å². The summed E-state index contributed by atoms with van der Waals surface area (Å²) in [5, 5.41) is 7.80. The molecule has 1 aromatic rings. The van der Waals surface area contributed by atoms with Gasteiger partial charge in [0.15, 0.2) is 0 Å². The van der Waals surface area contributed by atoms with Crippen LogP contribution < -0.4 is 0 Å². The lowest BCUT2D eigenvalue weighted by Crippen LogP contribution is -1.99. The summed E-state index contributed by atoms with van der Waals surface area (Å²) in [7, 11) is 0. The van der Waals surface area contributed by atoms with Crippen LogP contribution in [0, 0.1) is 0 Å². The van der Waals surface area contributed by atoms with Gasteiger partial charge in [0.2, 0.25) is 0 Å². The van der Waals surface area contributed by atoms with Gasteiger partial charge in [0, 0.05) is 12.8 Å². The molecule has 0 spiro atoms. The predicted molar refractivity (Wildman–Crippen MR) is 69.4 cm³/mol. The van der Waals surface area contributed by atoms with Gasteiger partial charge in [-0.1, -0.05) is 43.8 Å². The fourth-order valence-corrected chi connectivity index (χ4v) is 1.10. The molecule has 4 nitrogen and oxygen atoms in total. The summed E-state index contributed by atoms with van der Waals surface area (Å²) in [6.07, 6.45) is -0.0980. The number of benzene rings is 1. The third kappa shape index (κ3) is 9.15.